The van der Waals surface area contributed by atoms with Crippen LogP contribution in [-0.4, -0.2) is 20.9 Å². The van der Waals surface area contributed by atoms with E-state index in [2.05, 4.69) is 23.9 Å². The van der Waals surface area contributed by atoms with Crippen LogP contribution in [0.3, 0.4) is 0 Å². The number of para-hydroxylation sites is 1. The first-order chi connectivity index (χ1) is 11.3. The van der Waals surface area contributed by atoms with Crippen molar-refractivity contribution in [3.8, 4) is 0 Å². The second-order valence-electron chi connectivity index (χ2n) is 5.73. The number of anilines is 1. The molecule has 2 aromatic rings. The summed E-state index contributed by atoms with van der Waals surface area (Å²) in [5.41, 5.74) is 2.06. The molecule has 0 heterocycles. The van der Waals surface area contributed by atoms with Crippen molar-refractivity contribution in [3.05, 3.63) is 59.7 Å². The van der Waals surface area contributed by atoms with Gasteiger partial charge < -0.3 is 5.32 Å². The fourth-order valence-corrected chi connectivity index (χ4v) is 3.47. The van der Waals surface area contributed by atoms with Crippen molar-refractivity contribution in [2.24, 2.45) is 0 Å². The fraction of sp³-hybridized carbons (Fsp3) is 0.278. The molecule has 0 aromatic heterocycles. The van der Waals surface area contributed by atoms with Crippen molar-refractivity contribution >= 4 is 21.6 Å². The average molecular weight is 346 g/mol. The van der Waals surface area contributed by atoms with Gasteiger partial charge >= 0.3 is 0 Å². The first-order valence-corrected chi connectivity index (χ1v) is 9.33. The zero-order valence-corrected chi connectivity index (χ0v) is 14.9. The summed E-state index contributed by atoms with van der Waals surface area (Å²) in [5, 5.41) is 2.86. The maximum atomic E-state index is 12.5. The first kappa shape index (κ1) is 18.2. The molecule has 24 heavy (non-hydrogen) atoms. The Morgan fingerprint density at radius 3 is 2.46 bits per heavy atom. The number of sulfonamides is 1. The van der Waals surface area contributed by atoms with Crippen LogP contribution in [-0.2, 0) is 10.0 Å². The summed E-state index contributed by atoms with van der Waals surface area (Å²) in [4.78, 5) is 12.6. The molecular weight excluding hydrogens is 324 g/mol. The highest BCUT2D eigenvalue weighted by molar-refractivity contribution is 7.89. The van der Waals surface area contributed by atoms with Gasteiger partial charge in [-0.25, -0.2) is 13.1 Å². The molecule has 6 heteroatoms. The molecule has 2 aromatic carbocycles. The SMILES string of the molecule is CCNS(=O)(=O)c1cccc(C(=O)Nc2ccccc2C(C)C)c1. The Bertz CT molecular complexity index is 830. The Hall–Kier alpha value is -2.18. The number of carbonyl (C=O) groups is 1. The molecule has 1 amide bonds. The van der Waals surface area contributed by atoms with Crippen LogP contribution in [0.4, 0.5) is 5.69 Å². The van der Waals surface area contributed by atoms with E-state index in [1.165, 1.54) is 12.1 Å². The molecule has 0 spiro atoms. The zero-order chi connectivity index (χ0) is 17.7. The lowest BCUT2D eigenvalue weighted by Crippen LogP contribution is -2.23. The van der Waals surface area contributed by atoms with Crippen LogP contribution in [0.5, 0.6) is 0 Å². The highest BCUT2D eigenvalue weighted by atomic mass is 32.2. The summed E-state index contributed by atoms with van der Waals surface area (Å²) >= 11 is 0. The van der Waals surface area contributed by atoms with Gasteiger partial charge in [0.2, 0.25) is 10.0 Å². The van der Waals surface area contributed by atoms with E-state index in [1.807, 2.05) is 24.3 Å². The summed E-state index contributed by atoms with van der Waals surface area (Å²) in [6.45, 7) is 6.10. The number of carbonyl (C=O) groups excluding carboxylic acids is 1. The highest BCUT2D eigenvalue weighted by Crippen LogP contribution is 2.24. The first-order valence-electron chi connectivity index (χ1n) is 7.85. The van der Waals surface area contributed by atoms with Crippen molar-refractivity contribution in [2.75, 3.05) is 11.9 Å². The largest absolute Gasteiger partial charge is 0.322 e. The number of amides is 1. The van der Waals surface area contributed by atoms with E-state index in [9.17, 15) is 13.2 Å². The van der Waals surface area contributed by atoms with Gasteiger partial charge in [0, 0.05) is 17.8 Å². The summed E-state index contributed by atoms with van der Waals surface area (Å²) < 4.78 is 26.6. The van der Waals surface area contributed by atoms with Crippen LogP contribution in [0.25, 0.3) is 0 Å². The van der Waals surface area contributed by atoms with Gasteiger partial charge in [-0.3, -0.25) is 4.79 Å². The van der Waals surface area contributed by atoms with E-state index in [-0.39, 0.29) is 16.7 Å². The number of benzene rings is 2. The summed E-state index contributed by atoms with van der Waals surface area (Å²) in [7, 11) is -3.59. The van der Waals surface area contributed by atoms with E-state index in [4.69, 9.17) is 0 Å². The molecule has 128 valence electrons. The Kier molecular flexibility index (Phi) is 5.75. The van der Waals surface area contributed by atoms with Crippen LogP contribution in [0.1, 0.15) is 42.6 Å². The summed E-state index contributed by atoms with van der Waals surface area (Å²) in [6, 6.07) is 13.6. The van der Waals surface area contributed by atoms with Crippen LogP contribution in [0.2, 0.25) is 0 Å². The number of rotatable bonds is 6. The zero-order valence-electron chi connectivity index (χ0n) is 14.0. The monoisotopic (exact) mass is 346 g/mol. The van der Waals surface area contributed by atoms with Gasteiger partial charge in [0.05, 0.1) is 4.90 Å². The average Bonchev–Trinajstić information content (AvgIpc) is 2.55. The standard InChI is InChI=1S/C18H22N2O3S/c1-4-19-24(22,23)15-9-7-8-14(12-15)18(21)20-17-11-6-5-10-16(17)13(2)3/h5-13,19H,4H2,1-3H3,(H,20,21). The van der Waals surface area contributed by atoms with Crippen molar-refractivity contribution < 1.29 is 13.2 Å². The van der Waals surface area contributed by atoms with E-state index in [0.717, 1.165) is 11.3 Å². The van der Waals surface area contributed by atoms with Crippen molar-refractivity contribution in [3.63, 3.8) is 0 Å². The molecular formula is C18H22N2O3S. The number of hydrogen-bond acceptors (Lipinski definition) is 3. The molecule has 0 fully saturated rings. The second-order valence-corrected chi connectivity index (χ2v) is 7.49. The van der Waals surface area contributed by atoms with Gasteiger partial charge in [0.15, 0.2) is 0 Å². The van der Waals surface area contributed by atoms with Gasteiger partial charge in [0.25, 0.3) is 5.91 Å². The van der Waals surface area contributed by atoms with Crippen molar-refractivity contribution in [1.29, 1.82) is 0 Å². The molecule has 0 unspecified atom stereocenters. The smallest absolute Gasteiger partial charge is 0.255 e. The molecule has 0 saturated heterocycles. The Morgan fingerprint density at radius 1 is 1.08 bits per heavy atom. The van der Waals surface area contributed by atoms with Gasteiger partial charge in [-0.1, -0.05) is 45.0 Å². The molecule has 5 nitrogen and oxygen atoms in total. The molecule has 2 N–H and O–H groups in total. The van der Waals surface area contributed by atoms with Gasteiger partial charge in [-0.05, 0) is 35.7 Å². The lowest BCUT2D eigenvalue weighted by Gasteiger charge is -2.14. The molecule has 0 bridgehead atoms. The molecule has 0 aliphatic carbocycles. The Morgan fingerprint density at radius 2 is 1.79 bits per heavy atom. The third kappa shape index (κ3) is 4.21. The topological polar surface area (TPSA) is 75.3 Å². The van der Waals surface area contributed by atoms with Crippen LogP contribution in [0.15, 0.2) is 53.4 Å². The fourth-order valence-electron chi connectivity index (χ4n) is 2.39. The van der Waals surface area contributed by atoms with Gasteiger partial charge in [0.1, 0.15) is 0 Å². The minimum Gasteiger partial charge on any atom is -0.322 e. The highest BCUT2D eigenvalue weighted by Gasteiger charge is 2.16. The maximum absolute atomic E-state index is 12.5. The van der Waals surface area contributed by atoms with E-state index in [1.54, 1.807) is 19.1 Å². The number of nitrogens with one attached hydrogen (secondary N) is 2. The summed E-state index contributed by atoms with van der Waals surface area (Å²) in [5.74, 6) is -0.0707. The predicted octanol–water partition coefficient (Wildman–Crippen LogP) is 3.36. The third-order valence-corrected chi connectivity index (χ3v) is 5.12. The summed E-state index contributed by atoms with van der Waals surface area (Å²) in [6.07, 6.45) is 0. The van der Waals surface area contributed by atoms with Crippen LogP contribution < -0.4 is 10.0 Å². The Labute approximate surface area is 143 Å². The molecule has 0 radical (unpaired) electrons. The molecule has 2 rings (SSSR count). The lowest BCUT2D eigenvalue weighted by atomic mass is 10.0. The minimum atomic E-state index is -3.59. The molecule has 0 aliphatic rings. The maximum Gasteiger partial charge on any atom is 0.255 e. The van der Waals surface area contributed by atoms with Gasteiger partial charge in [-0.15, -0.1) is 0 Å². The Balaban J connectivity index is 2.29. The molecule has 0 saturated carbocycles. The quantitative estimate of drug-likeness (QED) is 0.842. The van der Waals surface area contributed by atoms with E-state index < -0.39 is 10.0 Å². The van der Waals surface area contributed by atoms with Crippen molar-refractivity contribution in [2.45, 2.75) is 31.6 Å². The normalized spacial score (nSPS) is 11.5. The second kappa shape index (κ2) is 7.59. The third-order valence-electron chi connectivity index (χ3n) is 3.57. The minimum absolute atomic E-state index is 0.0779. The van der Waals surface area contributed by atoms with Crippen LogP contribution >= 0.6 is 0 Å². The molecule has 0 aliphatic heterocycles. The number of hydrogen-bond donors (Lipinski definition) is 2. The van der Waals surface area contributed by atoms with Crippen molar-refractivity contribution in [1.82, 2.24) is 4.72 Å². The van der Waals surface area contributed by atoms with Gasteiger partial charge in [-0.2, -0.15) is 0 Å². The van der Waals surface area contributed by atoms with Crippen LogP contribution in [0, 0.1) is 0 Å². The molecule has 0 atom stereocenters. The van der Waals surface area contributed by atoms with E-state index >= 15 is 0 Å². The lowest BCUT2D eigenvalue weighted by molar-refractivity contribution is 0.102. The predicted molar refractivity (Wildman–Crippen MR) is 95.8 cm³/mol. The van der Waals surface area contributed by atoms with E-state index in [0.29, 0.717) is 12.1 Å².